The molecule has 1 saturated carbocycles. The highest BCUT2D eigenvalue weighted by molar-refractivity contribution is 6.37. The van der Waals surface area contributed by atoms with E-state index in [2.05, 4.69) is 16.3 Å². The standard InChI is InChI=1S/C41H50Cl3N5O5/c1-25-18-35(43)38(36(44)19-25)53-31-13-16-47(23-31)37-11-7-28(21-46-37)32-14-17-48(40(52)54-41(3,4)5)24-33(32)39(51)49(30-8-9-30)22-29-20-27(6-10-34(29)42)12-15-45-26(2)50/h6-7,10-11,18-21,30-33H,8-9,12-17,22-24H2,1-5H3,(H,45,50)/t31-,32-,33+/m0/s1. The van der Waals surface area contributed by atoms with E-state index in [0.717, 1.165) is 53.9 Å². The van der Waals surface area contributed by atoms with Crippen LogP contribution in [0.2, 0.25) is 15.1 Å². The molecule has 290 valence electrons. The molecule has 3 aromatic rings. The molecule has 1 N–H and O–H groups in total. The molecule has 0 spiro atoms. The van der Waals surface area contributed by atoms with Crippen molar-refractivity contribution in [3.63, 3.8) is 0 Å². The van der Waals surface area contributed by atoms with Gasteiger partial charge in [0.1, 0.15) is 17.5 Å². The molecule has 13 heteroatoms. The van der Waals surface area contributed by atoms with E-state index in [9.17, 15) is 14.4 Å². The van der Waals surface area contributed by atoms with Crippen LogP contribution in [0.1, 0.15) is 81.5 Å². The van der Waals surface area contributed by atoms with Gasteiger partial charge in [-0.1, -0.05) is 53.0 Å². The first-order chi connectivity index (χ1) is 25.6. The summed E-state index contributed by atoms with van der Waals surface area (Å²) in [7, 11) is 0. The van der Waals surface area contributed by atoms with Gasteiger partial charge < -0.3 is 29.5 Å². The lowest BCUT2D eigenvalue weighted by atomic mass is 9.80. The molecule has 54 heavy (non-hydrogen) atoms. The molecule has 1 aliphatic carbocycles. The van der Waals surface area contributed by atoms with Crippen LogP contribution in [0.4, 0.5) is 10.6 Å². The molecule has 3 fully saturated rings. The van der Waals surface area contributed by atoms with Crippen molar-refractivity contribution < 1.29 is 23.9 Å². The zero-order valence-electron chi connectivity index (χ0n) is 31.7. The van der Waals surface area contributed by atoms with Gasteiger partial charge in [-0.25, -0.2) is 9.78 Å². The zero-order chi connectivity index (χ0) is 38.7. The molecule has 10 nitrogen and oxygen atoms in total. The molecular formula is C41H50Cl3N5O5. The summed E-state index contributed by atoms with van der Waals surface area (Å²) in [5.41, 5.74) is 3.16. The van der Waals surface area contributed by atoms with Crippen LogP contribution in [0.3, 0.4) is 0 Å². The predicted molar refractivity (Wildman–Crippen MR) is 213 cm³/mol. The first-order valence-electron chi connectivity index (χ1n) is 18.8. The van der Waals surface area contributed by atoms with Crippen LogP contribution in [0, 0.1) is 12.8 Å². The van der Waals surface area contributed by atoms with Crippen molar-refractivity contribution in [2.75, 3.05) is 37.6 Å². The van der Waals surface area contributed by atoms with E-state index >= 15 is 0 Å². The number of benzene rings is 2. The second-order valence-corrected chi connectivity index (χ2v) is 17.0. The normalized spacial score (nSPS) is 20.1. The molecule has 0 radical (unpaired) electrons. The first kappa shape index (κ1) is 39.9. The Labute approximate surface area is 333 Å². The highest BCUT2D eigenvalue weighted by Crippen LogP contribution is 2.40. The number of aromatic nitrogens is 1. The number of piperidine rings is 1. The van der Waals surface area contributed by atoms with Crippen LogP contribution in [-0.4, -0.2) is 83.2 Å². The van der Waals surface area contributed by atoms with E-state index < -0.39 is 17.6 Å². The van der Waals surface area contributed by atoms with E-state index in [-0.39, 0.29) is 36.4 Å². The van der Waals surface area contributed by atoms with Crippen molar-refractivity contribution in [3.8, 4) is 5.75 Å². The molecule has 3 heterocycles. The molecule has 3 atom stereocenters. The number of hydrogen-bond donors (Lipinski definition) is 1. The number of anilines is 1. The molecule has 3 amide bonds. The van der Waals surface area contributed by atoms with Gasteiger partial charge >= 0.3 is 6.09 Å². The number of aryl methyl sites for hydroxylation is 1. The quantitative estimate of drug-likeness (QED) is 0.209. The molecule has 6 rings (SSSR count). The number of amides is 3. The first-order valence-corrected chi connectivity index (χ1v) is 19.9. The van der Waals surface area contributed by atoms with Gasteiger partial charge in [-0.2, -0.15) is 0 Å². The van der Waals surface area contributed by atoms with Gasteiger partial charge in [0.25, 0.3) is 0 Å². The van der Waals surface area contributed by atoms with Crippen LogP contribution in [-0.2, 0) is 27.3 Å². The minimum Gasteiger partial charge on any atom is -0.485 e. The molecule has 2 aliphatic heterocycles. The number of rotatable bonds is 11. The number of nitrogens with zero attached hydrogens (tertiary/aromatic N) is 4. The molecule has 2 aromatic carbocycles. The van der Waals surface area contributed by atoms with Crippen LogP contribution in [0.15, 0.2) is 48.7 Å². The Kier molecular flexibility index (Phi) is 12.5. The number of hydrogen-bond acceptors (Lipinski definition) is 7. The molecule has 2 saturated heterocycles. The van der Waals surface area contributed by atoms with Crippen molar-refractivity contribution in [2.24, 2.45) is 5.92 Å². The Bertz CT molecular complexity index is 1820. The zero-order valence-corrected chi connectivity index (χ0v) is 33.9. The van der Waals surface area contributed by atoms with Crippen molar-refractivity contribution in [1.82, 2.24) is 20.1 Å². The maximum atomic E-state index is 14.8. The monoisotopic (exact) mass is 797 g/mol. The van der Waals surface area contributed by atoms with Gasteiger partial charge in [0.15, 0.2) is 5.75 Å². The van der Waals surface area contributed by atoms with Crippen molar-refractivity contribution in [3.05, 3.63) is 86.0 Å². The third-order valence-electron chi connectivity index (χ3n) is 10.2. The summed E-state index contributed by atoms with van der Waals surface area (Å²) in [6.07, 6.45) is 5.23. The van der Waals surface area contributed by atoms with Crippen LogP contribution < -0.4 is 15.0 Å². The average molecular weight is 799 g/mol. The number of halogens is 3. The predicted octanol–water partition coefficient (Wildman–Crippen LogP) is 8.22. The van der Waals surface area contributed by atoms with E-state index in [0.29, 0.717) is 59.8 Å². The third-order valence-corrected chi connectivity index (χ3v) is 11.1. The second kappa shape index (κ2) is 17.0. The minimum atomic E-state index is -0.660. The Morgan fingerprint density at radius 3 is 2.33 bits per heavy atom. The third kappa shape index (κ3) is 10.1. The summed E-state index contributed by atoms with van der Waals surface area (Å²) in [5, 5.41) is 4.43. The molecule has 0 bridgehead atoms. The Morgan fingerprint density at radius 1 is 0.944 bits per heavy atom. The maximum Gasteiger partial charge on any atom is 0.410 e. The summed E-state index contributed by atoms with van der Waals surface area (Å²) in [6, 6.07) is 13.7. The number of ether oxygens (including phenoxy) is 2. The van der Waals surface area contributed by atoms with Gasteiger partial charge in [-0.05, 0) is 99.9 Å². The fourth-order valence-electron chi connectivity index (χ4n) is 7.35. The number of likely N-dealkylation sites (tertiary alicyclic amines) is 1. The molecule has 1 aromatic heterocycles. The molecule has 0 unspecified atom stereocenters. The van der Waals surface area contributed by atoms with Gasteiger partial charge in [0.05, 0.1) is 22.5 Å². The minimum absolute atomic E-state index is 0.00693. The van der Waals surface area contributed by atoms with E-state index in [1.807, 2.05) is 75.2 Å². The summed E-state index contributed by atoms with van der Waals surface area (Å²) in [4.78, 5) is 50.2. The smallest absolute Gasteiger partial charge is 0.410 e. The fraction of sp³-hybridized carbons (Fsp3) is 0.512. The highest BCUT2D eigenvalue weighted by Gasteiger charge is 2.43. The van der Waals surface area contributed by atoms with E-state index in [1.54, 1.807) is 4.90 Å². The van der Waals surface area contributed by atoms with Gasteiger partial charge in [0.2, 0.25) is 11.8 Å². The lowest BCUT2D eigenvalue weighted by molar-refractivity contribution is -0.139. The number of carbonyl (C=O) groups is 3. The average Bonchev–Trinajstić information content (AvgIpc) is 3.85. The fourth-order valence-corrected chi connectivity index (χ4v) is 8.22. The van der Waals surface area contributed by atoms with E-state index in [4.69, 9.17) is 49.3 Å². The maximum absolute atomic E-state index is 14.8. The van der Waals surface area contributed by atoms with Crippen molar-refractivity contribution in [2.45, 2.75) is 96.9 Å². The van der Waals surface area contributed by atoms with Crippen LogP contribution in [0.25, 0.3) is 0 Å². The summed E-state index contributed by atoms with van der Waals surface area (Å²) in [6.45, 7) is 12.0. The molecule has 3 aliphatic rings. The Morgan fingerprint density at radius 2 is 1.69 bits per heavy atom. The topological polar surface area (TPSA) is 104 Å². The molecular weight excluding hydrogens is 749 g/mol. The van der Waals surface area contributed by atoms with Crippen LogP contribution in [0.5, 0.6) is 5.75 Å². The SMILES string of the molecule is CC(=O)NCCc1ccc(Cl)c(CN(C(=O)[C@@H]2CN(C(=O)OC(C)(C)C)CC[C@H]2c2ccc(N3CC[C@H](Oc4c(Cl)cc(C)cc4Cl)C3)nc2)C2CC2)c1. The number of nitrogens with one attached hydrogen (secondary N) is 1. The lowest BCUT2D eigenvalue weighted by Crippen LogP contribution is -2.51. The highest BCUT2D eigenvalue weighted by atomic mass is 35.5. The largest absolute Gasteiger partial charge is 0.485 e. The Hall–Kier alpha value is -3.73. The Balaban J connectivity index is 1.20. The van der Waals surface area contributed by atoms with Gasteiger partial charge in [-0.15, -0.1) is 0 Å². The van der Waals surface area contributed by atoms with E-state index in [1.165, 1.54) is 6.92 Å². The van der Waals surface area contributed by atoms with Crippen molar-refractivity contribution in [1.29, 1.82) is 0 Å². The van der Waals surface area contributed by atoms with Gasteiger partial charge in [-0.3, -0.25) is 9.59 Å². The number of carbonyl (C=O) groups excluding carboxylic acids is 3. The number of pyridine rings is 1. The second-order valence-electron chi connectivity index (χ2n) is 15.8. The summed E-state index contributed by atoms with van der Waals surface area (Å²) < 4.78 is 12.0. The summed E-state index contributed by atoms with van der Waals surface area (Å²) >= 11 is 19.6. The lowest BCUT2D eigenvalue weighted by Gasteiger charge is -2.40. The van der Waals surface area contributed by atoms with Gasteiger partial charge in [0, 0.05) is 69.2 Å². The van der Waals surface area contributed by atoms with Crippen LogP contribution >= 0.6 is 34.8 Å². The summed E-state index contributed by atoms with van der Waals surface area (Å²) in [5.74, 6) is 0.588. The van der Waals surface area contributed by atoms with Crippen molar-refractivity contribution >= 4 is 58.5 Å².